The Kier molecular flexibility index (Phi) is 5.85. The SMILES string of the molecule is CCC(NC(=O)CC1CC(F)(F)C1)c1cnn2cc(CNC(=O)c3nonc3C)nc2c1. The highest BCUT2D eigenvalue weighted by Gasteiger charge is 2.45. The maximum Gasteiger partial charge on any atom is 0.275 e. The Hall–Kier alpha value is -3.44. The van der Waals surface area contributed by atoms with Gasteiger partial charge in [0.05, 0.1) is 30.7 Å². The van der Waals surface area contributed by atoms with Gasteiger partial charge in [0.1, 0.15) is 5.69 Å². The largest absolute Gasteiger partial charge is 0.349 e. The van der Waals surface area contributed by atoms with E-state index in [9.17, 15) is 18.4 Å². The van der Waals surface area contributed by atoms with Crippen molar-refractivity contribution in [1.82, 2.24) is 35.5 Å². The lowest BCUT2D eigenvalue weighted by atomic mass is 9.79. The van der Waals surface area contributed by atoms with E-state index in [4.69, 9.17) is 0 Å². The van der Waals surface area contributed by atoms with E-state index in [1.807, 2.05) is 6.92 Å². The average molecular weight is 447 g/mol. The van der Waals surface area contributed by atoms with E-state index in [1.54, 1.807) is 29.9 Å². The van der Waals surface area contributed by atoms with Gasteiger partial charge in [-0.3, -0.25) is 9.59 Å². The molecule has 1 unspecified atom stereocenters. The quantitative estimate of drug-likeness (QED) is 0.543. The van der Waals surface area contributed by atoms with Gasteiger partial charge in [-0.1, -0.05) is 12.1 Å². The molecule has 12 heteroatoms. The lowest BCUT2D eigenvalue weighted by Gasteiger charge is -2.34. The predicted octanol–water partition coefficient (Wildman–Crippen LogP) is 2.35. The van der Waals surface area contributed by atoms with Crippen molar-refractivity contribution in [1.29, 1.82) is 0 Å². The molecule has 1 fully saturated rings. The van der Waals surface area contributed by atoms with Crippen LogP contribution in [0.1, 0.15) is 66.1 Å². The van der Waals surface area contributed by atoms with Crippen molar-refractivity contribution in [3.63, 3.8) is 0 Å². The van der Waals surface area contributed by atoms with E-state index in [-0.39, 0.29) is 49.4 Å². The van der Waals surface area contributed by atoms with Gasteiger partial charge in [-0.2, -0.15) is 5.10 Å². The molecule has 0 saturated heterocycles. The van der Waals surface area contributed by atoms with Crippen LogP contribution in [0.25, 0.3) is 5.65 Å². The highest BCUT2D eigenvalue weighted by atomic mass is 19.3. The fourth-order valence-corrected chi connectivity index (χ4v) is 3.77. The summed E-state index contributed by atoms with van der Waals surface area (Å²) < 4.78 is 32.1. The number of rotatable bonds is 8. The molecule has 170 valence electrons. The van der Waals surface area contributed by atoms with Crippen molar-refractivity contribution in [3.05, 3.63) is 41.1 Å². The molecule has 4 rings (SSSR count). The van der Waals surface area contributed by atoms with Crippen molar-refractivity contribution in [2.75, 3.05) is 0 Å². The van der Waals surface area contributed by atoms with Crippen LogP contribution >= 0.6 is 0 Å². The van der Waals surface area contributed by atoms with Crippen LogP contribution in [0.4, 0.5) is 8.78 Å². The fraction of sp³-hybridized carbons (Fsp3) is 0.500. The van der Waals surface area contributed by atoms with E-state index in [2.05, 4.69) is 35.7 Å². The Morgan fingerprint density at radius 1 is 1.34 bits per heavy atom. The normalized spacial score (nSPS) is 16.5. The van der Waals surface area contributed by atoms with E-state index in [0.717, 1.165) is 5.56 Å². The third kappa shape index (κ3) is 4.73. The molecule has 2 amide bonds. The van der Waals surface area contributed by atoms with E-state index >= 15 is 0 Å². The van der Waals surface area contributed by atoms with Crippen LogP contribution in [0.5, 0.6) is 0 Å². The van der Waals surface area contributed by atoms with Crippen LogP contribution in [0, 0.1) is 12.8 Å². The van der Waals surface area contributed by atoms with Crippen molar-refractivity contribution >= 4 is 17.5 Å². The lowest BCUT2D eigenvalue weighted by Crippen LogP contribution is -2.39. The minimum absolute atomic E-state index is 0.0928. The van der Waals surface area contributed by atoms with Crippen LogP contribution in [0.2, 0.25) is 0 Å². The molecular formula is C20H23F2N7O3. The molecule has 3 heterocycles. The van der Waals surface area contributed by atoms with Crippen molar-refractivity contribution < 1.29 is 23.0 Å². The number of carbonyl (C=O) groups excluding carboxylic acids is 2. The van der Waals surface area contributed by atoms with Gasteiger partial charge in [0, 0.05) is 19.3 Å². The first-order chi connectivity index (χ1) is 15.2. The fourth-order valence-electron chi connectivity index (χ4n) is 3.77. The lowest BCUT2D eigenvalue weighted by molar-refractivity contribution is -0.134. The number of nitrogens with one attached hydrogen (secondary N) is 2. The molecule has 1 saturated carbocycles. The van der Waals surface area contributed by atoms with Gasteiger partial charge in [-0.25, -0.2) is 22.9 Å². The minimum atomic E-state index is -2.63. The molecular weight excluding hydrogens is 424 g/mol. The van der Waals surface area contributed by atoms with E-state index < -0.39 is 11.8 Å². The van der Waals surface area contributed by atoms with Crippen molar-refractivity contribution in [3.8, 4) is 0 Å². The molecule has 32 heavy (non-hydrogen) atoms. The molecule has 1 aliphatic carbocycles. The van der Waals surface area contributed by atoms with Gasteiger partial charge >= 0.3 is 0 Å². The van der Waals surface area contributed by atoms with Gasteiger partial charge in [0.2, 0.25) is 11.8 Å². The number of hydrogen-bond acceptors (Lipinski definition) is 7. The first-order valence-corrected chi connectivity index (χ1v) is 10.3. The van der Waals surface area contributed by atoms with Crippen LogP contribution < -0.4 is 10.6 Å². The summed E-state index contributed by atoms with van der Waals surface area (Å²) in [5, 5.41) is 17.1. The summed E-state index contributed by atoms with van der Waals surface area (Å²) in [7, 11) is 0. The second kappa shape index (κ2) is 8.60. The Labute approximate surface area is 181 Å². The molecule has 0 radical (unpaired) electrons. The zero-order valence-electron chi connectivity index (χ0n) is 17.6. The summed E-state index contributed by atoms with van der Waals surface area (Å²) in [5.74, 6) is -3.58. The van der Waals surface area contributed by atoms with Crippen LogP contribution in [0.3, 0.4) is 0 Å². The summed E-state index contributed by atoms with van der Waals surface area (Å²) >= 11 is 0. The third-order valence-electron chi connectivity index (χ3n) is 5.48. The van der Waals surface area contributed by atoms with E-state index in [0.29, 0.717) is 23.5 Å². The Morgan fingerprint density at radius 2 is 2.12 bits per heavy atom. The summed E-state index contributed by atoms with van der Waals surface area (Å²) in [6.45, 7) is 3.69. The Bertz CT molecular complexity index is 1140. The third-order valence-corrected chi connectivity index (χ3v) is 5.48. The van der Waals surface area contributed by atoms with Gasteiger partial charge < -0.3 is 10.6 Å². The Morgan fingerprint density at radius 3 is 2.78 bits per heavy atom. The van der Waals surface area contributed by atoms with Crippen molar-refractivity contribution in [2.24, 2.45) is 5.92 Å². The molecule has 0 aromatic carbocycles. The number of amides is 2. The number of halogens is 2. The standard InChI is InChI=1S/C20H23F2N7O3/c1-3-15(26-17(30)4-12-6-20(21,22)7-12)13-5-16-25-14(10-29(16)24-8-13)9-23-19(31)18-11(2)27-32-28-18/h5,8,10,12,15H,3-4,6-7,9H2,1-2H3,(H,23,31)(H,26,30). The first kappa shape index (κ1) is 21.8. The Balaban J connectivity index is 1.38. The first-order valence-electron chi connectivity index (χ1n) is 10.3. The molecule has 10 nitrogen and oxygen atoms in total. The van der Waals surface area contributed by atoms with Crippen molar-refractivity contribution in [2.45, 2.75) is 58.0 Å². The number of aromatic nitrogens is 5. The molecule has 3 aromatic rings. The number of nitrogens with zero attached hydrogens (tertiary/aromatic N) is 5. The molecule has 3 aromatic heterocycles. The maximum absolute atomic E-state index is 13.0. The van der Waals surface area contributed by atoms with E-state index in [1.165, 1.54) is 0 Å². The maximum atomic E-state index is 13.0. The highest BCUT2D eigenvalue weighted by Crippen LogP contribution is 2.44. The molecule has 0 bridgehead atoms. The second-order valence-corrected chi connectivity index (χ2v) is 8.07. The monoisotopic (exact) mass is 447 g/mol. The number of hydrogen-bond donors (Lipinski definition) is 2. The van der Waals surface area contributed by atoms with Crippen LogP contribution in [-0.4, -0.2) is 42.6 Å². The topological polar surface area (TPSA) is 127 Å². The number of imidazole rings is 1. The number of fused-ring (bicyclic) bond motifs is 1. The van der Waals surface area contributed by atoms with Gasteiger partial charge in [-0.05, 0) is 36.0 Å². The second-order valence-electron chi connectivity index (χ2n) is 8.07. The summed E-state index contributed by atoms with van der Waals surface area (Å²) in [5.41, 5.74) is 2.40. The van der Waals surface area contributed by atoms with Crippen LogP contribution in [0.15, 0.2) is 23.1 Å². The summed E-state index contributed by atoms with van der Waals surface area (Å²) in [6, 6.07) is 1.50. The zero-order chi connectivity index (χ0) is 22.9. The van der Waals surface area contributed by atoms with Gasteiger partial charge in [0.15, 0.2) is 11.3 Å². The van der Waals surface area contributed by atoms with Gasteiger partial charge in [0.25, 0.3) is 5.91 Å². The minimum Gasteiger partial charge on any atom is -0.349 e. The molecule has 2 N–H and O–H groups in total. The molecule has 1 aliphatic rings. The summed E-state index contributed by atoms with van der Waals surface area (Å²) in [6.07, 6.45) is 3.56. The predicted molar refractivity (Wildman–Crippen MR) is 107 cm³/mol. The number of alkyl halides is 2. The molecule has 0 aliphatic heterocycles. The van der Waals surface area contributed by atoms with Crippen LogP contribution in [-0.2, 0) is 11.3 Å². The number of carbonyl (C=O) groups is 2. The smallest absolute Gasteiger partial charge is 0.275 e. The molecule has 0 spiro atoms. The highest BCUT2D eigenvalue weighted by molar-refractivity contribution is 5.92. The zero-order valence-corrected chi connectivity index (χ0v) is 17.6. The number of aryl methyl sites for hydroxylation is 1. The summed E-state index contributed by atoms with van der Waals surface area (Å²) in [4.78, 5) is 28.9. The van der Waals surface area contributed by atoms with Gasteiger partial charge in [-0.15, -0.1) is 0 Å². The molecule has 1 atom stereocenters. The average Bonchev–Trinajstić information content (AvgIpc) is 3.33.